The Morgan fingerprint density at radius 2 is 2.02 bits per heavy atom. The van der Waals surface area contributed by atoms with Crippen molar-refractivity contribution in [3.8, 4) is 34.3 Å². The highest BCUT2D eigenvalue weighted by Gasteiger charge is 2.27. The molecule has 14 heteroatoms. The highest BCUT2D eigenvalue weighted by molar-refractivity contribution is 6.31. The lowest BCUT2D eigenvalue weighted by molar-refractivity contribution is -0.119. The molecule has 1 N–H and O–H groups in total. The second kappa shape index (κ2) is 11.8. The third-order valence-electron chi connectivity index (χ3n) is 7.54. The molecule has 1 aliphatic rings. The minimum atomic E-state index is -2.95. The molecule has 1 aliphatic heterocycles. The van der Waals surface area contributed by atoms with Gasteiger partial charge in [-0.3, -0.25) is 14.6 Å². The summed E-state index contributed by atoms with van der Waals surface area (Å²) < 4.78 is 35.8. The molecule has 2 bridgehead atoms. The first-order valence-corrected chi connectivity index (χ1v) is 14.0. The molecule has 5 heterocycles. The predicted octanol–water partition coefficient (Wildman–Crippen LogP) is 5.96. The van der Waals surface area contributed by atoms with Gasteiger partial charge in [-0.2, -0.15) is 19.1 Å². The number of pyridine rings is 1. The molecule has 2 atom stereocenters. The summed E-state index contributed by atoms with van der Waals surface area (Å²) in [5, 5.41) is 23.9. The van der Waals surface area contributed by atoms with Crippen molar-refractivity contribution in [2.75, 3.05) is 5.32 Å². The van der Waals surface area contributed by atoms with Crippen molar-refractivity contribution in [1.29, 1.82) is 5.26 Å². The van der Waals surface area contributed by atoms with Crippen LogP contribution in [-0.4, -0.2) is 35.7 Å². The van der Waals surface area contributed by atoms with Crippen LogP contribution in [-0.2, 0) is 4.79 Å². The largest absolute Gasteiger partial charge is 0.464 e. The second-order valence-electron chi connectivity index (χ2n) is 10.4. The lowest BCUT2D eigenvalue weighted by Crippen LogP contribution is -2.22. The number of hydrogen-bond donors (Lipinski definition) is 1. The van der Waals surface area contributed by atoms with Gasteiger partial charge in [0.05, 0.1) is 35.7 Å². The summed E-state index contributed by atoms with van der Waals surface area (Å²) in [7, 11) is 0. The van der Waals surface area contributed by atoms with E-state index in [2.05, 4.69) is 25.7 Å². The molecule has 0 radical (unpaired) electrons. The first-order chi connectivity index (χ1) is 21.2. The molecule has 6 rings (SSSR count). The predicted molar refractivity (Wildman–Crippen MR) is 155 cm³/mol. The average Bonchev–Trinajstić information content (AvgIpc) is 3.67. The Labute approximate surface area is 253 Å². The molecule has 44 heavy (non-hydrogen) atoms. The van der Waals surface area contributed by atoms with E-state index in [1.165, 1.54) is 35.6 Å². The van der Waals surface area contributed by atoms with Crippen LogP contribution in [0.25, 0.3) is 28.3 Å². The van der Waals surface area contributed by atoms with Crippen LogP contribution in [0.1, 0.15) is 55.6 Å². The number of fused-ring (bicyclic) bond motifs is 4. The summed E-state index contributed by atoms with van der Waals surface area (Å²) >= 11 is 6.28. The van der Waals surface area contributed by atoms with E-state index in [-0.39, 0.29) is 34.2 Å². The quantitative estimate of drug-likeness (QED) is 0.260. The van der Waals surface area contributed by atoms with E-state index < -0.39 is 18.4 Å². The number of carbonyl (C=O) groups is 1. The molecule has 222 valence electrons. The summed E-state index contributed by atoms with van der Waals surface area (Å²) in [5.74, 6) is -1.10. The summed E-state index contributed by atoms with van der Waals surface area (Å²) in [6, 6.07) is 11.4. The van der Waals surface area contributed by atoms with Crippen molar-refractivity contribution in [1.82, 2.24) is 29.8 Å². The van der Waals surface area contributed by atoms with Crippen molar-refractivity contribution in [3.05, 3.63) is 93.4 Å². The fourth-order valence-corrected chi connectivity index (χ4v) is 5.48. The topological polar surface area (TPSA) is 145 Å². The van der Waals surface area contributed by atoms with Gasteiger partial charge in [0.1, 0.15) is 11.8 Å². The third kappa shape index (κ3) is 5.47. The van der Waals surface area contributed by atoms with Crippen LogP contribution in [0, 0.1) is 17.2 Å². The van der Waals surface area contributed by atoms with E-state index in [0.29, 0.717) is 57.0 Å². The number of alkyl halides is 2. The maximum atomic E-state index is 13.9. The molecular weight excluding hydrogens is 594 g/mol. The Kier molecular flexibility index (Phi) is 7.75. The standard InChI is InChI=1S/C30H23ClF2N8O3/c1-16-3-2-4-20(23-9-17(7-8-35-23)28-24(37-29(16)43)13-36-41(28)30(32)33)22-15-44-27(11-26(22)42)21-10-18(31)5-6-25(21)40-14-19(12-34)38-39-40/h5-11,13-16,20,30H,2-4H2,1H3,(H,37,43)/t16-,20-/m1/s1. The van der Waals surface area contributed by atoms with Gasteiger partial charge in [-0.05, 0) is 43.2 Å². The van der Waals surface area contributed by atoms with Gasteiger partial charge in [0.2, 0.25) is 5.91 Å². The molecule has 0 saturated carbocycles. The molecule has 0 saturated heterocycles. The van der Waals surface area contributed by atoms with Crippen molar-refractivity contribution in [2.45, 2.75) is 38.7 Å². The highest BCUT2D eigenvalue weighted by atomic mass is 35.5. The van der Waals surface area contributed by atoms with Crippen LogP contribution < -0.4 is 10.7 Å². The number of amides is 1. The summed E-state index contributed by atoms with van der Waals surface area (Å²) in [5.41, 5.74) is 2.03. The average molecular weight is 617 g/mol. The van der Waals surface area contributed by atoms with Gasteiger partial charge >= 0.3 is 6.55 Å². The SMILES string of the molecule is C[C@@H]1CCC[C@H](c2coc(-c3cc(Cl)ccc3-n3cc(C#N)nn3)cc2=O)c2cc(ccn2)-c2c(cnn2C(F)F)NC1=O. The molecule has 4 aromatic heterocycles. The smallest absolute Gasteiger partial charge is 0.333 e. The van der Waals surface area contributed by atoms with Crippen molar-refractivity contribution in [3.63, 3.8) is 0 Å². The van der Waals surface area contributed by atoms with E-state index in [1.807, 2.05) is 6.07 Å². The van der Waals surface area contributed by atoms with E-state index in [1.54, 1.807) is 37.3 Å². The third-order valence-corrected chi connectivity index (χ3v) is 7.78. The number of aromatic nitrogens is 6. The maximum Gasteiger partial charge on any atom is 0.333 e. The minimum absolute atomic E-state index is 0.0343. The number of benzene rings is 1. The Morgan fingerprint density at radius 3 is 2.77 bits per heavy atom. The van der Waals surface area contributed by atoms with Gasteiger partial charge in [0, 0.05) is 51.5 Å². The highest BCUT2D eigenvalue weighted by Crippen LogP contribution is 2.37. The van der Waals surface area contributed by atoms with Gasteiger partial charge in [-0.15, -0.1) is 5.10 Å². The van der Waals surface area contributed by atoms with Crippen LogP contribution in [0.15, 0.2) is 70.5 Å². The lowest BCUT2D eigenvalue weighted by Gasteiger charge is -2.20. The summed E-state index contributed by atoms with van der Waals surface area (Å²) in [6.07, 6.45) is 6.97. The molecule has 5 aromatic rings. The fourth-order valence-electron chi connectivity index (χ4n) is 5.31. The van der Waals surface area contributed by atoms with Crippen LogP contribution >= 0.6 is 11.6 Å². The Bertz CT molecular complexity index is 1980. The van der Waals surface area contributed by atoms with Crippen molar-refractivity contribution < 1.29 is 18.0 Å². The van der Waals surface area contributed by atoms with Gasteiger partial charge in [0.25, 0.3) is 0 Å². The van der Waals surface area contributed by atoms with Crippen molar-refractivity contribution in [2.24, 2.45) is 5.92 Å². The fraction of sp³-hybridized carbons (Fsp3) is 0.233. The minimum Gasteiger partial charge on any atom is -0.464 e. The number of nitrogens with one attached hydrogen (secondary N) is 1. The molecule has 1 aromatic carbocycles. The number of hydrogen-bond acceptors (Lipinski definition) is 8. The lowest BCUT2D eigenvalue weighted by atomic mass is 9.88. The van der Waals surface area contributed by atoms with Gasteiger partial charge < -0.3 is 9.73 Å². The first kappa shape index (κ1) is 28.9. The van der Waals surface area contributed by atoms with E-state index in [4.69, 9.17) is 21.3 Å². The van der Waals surface area contributed by atoms with Crippen LogP contribution in [0.4, 0.5) is 14.5 Å². The van der Waals surface area contributed by atoms with Crippen molar-refractivity contribution >= 4 is 23.2 Å². The summed E-state index contributed by atoms with van der Waals surface area (Å²) in [4.78, 5) is 31.1. The maximum absolute atomic E-state index is 13.9. The normalized spacial score (nSPS) is 16.9. The number of nitrogens with zero attached hydrogens (tertiary/aromatic N) is 7. The van der Waals surface area contributed by atoms with Crippen LogP contribution in [0.5, 0.6) is 0 Å². The summed E-state index contributed by atoms with van der Waals surface area (Å²) in [6.45, 7) is -1.20. The zero-order valence-corrected chi connectivity index (χ0v) is 23.9. The number of carbonyl (C=O) groups excluding carboxylic acids is 1. The van der Waals surface area contributed by atoms with E-state index >= 15 is 0 Å². The zero-order chi connectivity index (χ0) is 31.0. The Morgan fingerprint density at radius 1 is 1.18 bits per heavy atom. The first-order valence-electron chi connectivity index (χ1n) is 13.6. The molecule has 0 unspecified atom stereocenters. The number of nitriles is 1. The van der Waals surface area contributed by atoms with E-state index in [9.17, 15) is 18.4 Å². The molecule has 0 spiro atoms. The number of halogens is 3. The second-order valence-corrected chi connectivity index (χ2v) is 10.8. The number of rotatable bonds is 4. The monoisotopic (exact) mass is 616 g/mol. The van der Waals surface area contributed by atoms with Crippen LogP contribution in [0.2, 0.25) is 5.02 Å². The molecule has 0 aliphatic carbocycles. The van der Waals surface area contributed by atoms with E-state index in [0.717, 1.165) is 0 Å². The Balaban J connectivity index is 1.44. The van der Waals surface area contributed by atoms with Gasteiger partial charge in [0.15, 0.2) is 11.1 Å². The van der Waals surface area contributed by atoms with Gasteiger partial charge in [-0.25, -0.2) is 9.36 Å². The zero-order valence-electron chi connectivity index (χ0n) is 23.1. The van der Waals surface area contributed by atoms with Gasteiger partial charge in [-0.1, -0.05) is 30.2 Å². The molecule has 0 fully saturated rings. The Hall–Kier alpha value is -5.22. The molecule has 1 amide bonds. The van der Waals surface area contributed by atoms with Crippen LogP contribution in [0.3, 0.4) is 0 Å². The molecule has 11 nitrogen and oxygen atoms in total. The number of anilines is 1. The molecular formula is C30H23ClF2N8O3.